The van der Waals surface area contributed by atoms with Gasteiger partial charge in [-0.15, -0.1) is 26.3 Å². The first-order chi connectivity index (χ1) is 62.3. The zero-order valence-corrected chi connectivity index (χ0v) is 87.8. The molecule has 1 aliphatic heterocycles. The number of carbonyl (C=O) groups excluding carboxylic acids is 5. The van der Waals surface area contributed by atoms with Crippen LogP contribution in [0, 0.1) is 6.92 Å². The van der Waals surface area contributed by atoms with Crippen molar-refractivity contribution in [3.8, 4) is 51.4 Å². The van der Waals surface area contributed by atoms with Crippen LogP contribution in [0.5, 0.6) is 29.1 Å². The molecule has 0 atom stereocenters. The number of hydrogen-bond donors (Lipinski definition) is 5. The number of hydrogen-bond acceptors (Lipinski definition) is 23. The molecule has 12 rings (SSSR count). The second-order valence-corrected chi connectivity index (χ2v) is 37.0. The van der Waals surface area contributed by atoms with Crippen LogP contribution < -0.4 is 51.1 Å². The summed E-state index contributed by atoms with van der Waals surface area (Å²) in [6, 6.07) is 46.5. The number of methoxy groups -OCH3 is 3. The summed E-state index contributed by atoms with van der Waals surface area (Å²) in [5.41, 5.74) is 16.8. The molecule has 0 saturated heterocycles. The molecule has 0 spiro atoms. The van der Waals surface area contributed by atoms with Crippen molar-refractivity contribution in [1.82, 2.24) is 60.7 Å². The summed E-state index contributed by atoms with van der Waals surface area (Å²) in [5.74, 6) is -0.505. The van der Waals surface area contributed by atoms with Crippen molar-refractivity contribution in [2.24, 2.45) is 11.5 Å². The van der Waals surface area contributed by atoms with Crippen molar-refractivity contribution < 1.29 is 88.2 Å². The predicted octanol–water partition coefficient (Wildman–Crippen LogP) is 30.1. The summed E-state index contributed by atoms with van der Waals surface area (Å²) < 4.78 is 119. The Balaban J connectivity index is -0.00000156. The van der Waals surface area contributed by atoms with E-state index in [1.165, 1.54) is 62.6 Å². The number of nitrogens with zero attached hydrogens (tertiary/aromatic N) is 9. The van der Waals surface area contributed by atoms with Crippen LogP contribution in [0.1, 0.15) is 181 Å². The number of imide groups is 1. The molecule has 0 unspecified atom stereocenters. The summed E-state index contributed by atoms with van der Waals surface area (Å²) in [4.78, 5) is 93.0. The van der Waals surface area contributed by atoms with Crippen LogP contribution in [0.4, 0.5) is 40.7 Å². The molecule has 140 heavy (non-hydrogen) atoms. The van der Waals surface area contributed by atoms with Gasteiger partial charge in [0.15, 0.2) is 0 Å². The van der Waals surface area contributed by atoms with Gasteiger partial charge in [-0.3, -0.25) is 14.5 Å². The molecule has 770 valence electrons. The number of halogens is 18. The number of amides is 5. The Morgan fingerprint density at radius 2 is 0.614 bits per heavy atom. The standard InChI is InChI=1S/C19H21F3N2O4.C14H8BrClN2O2.C14H13F3N2O2.C12H17BrN2O3.C11H14BrClN2O2.C6H4Br2ClN.C6H6BrClN2.C6H5BrClN.7CH4/c1-18(2,3)28-17(25)23-11-12-9-10-14(16(24-12)26-4)13-7-5-6-8-15(13)27-19(20,21)22;15-11-6-5-8(17-12(11)16)7-18-13(19)9-3-1-2-4-10(9)14(18)20;1-20-13-11(7-6-9(8-18)19-13)10-4-2-3-5-12(10)21-14(15,16)17;1-12(2,3)18-11(16)14-7-8-5-6-9(13)10(15-8)17-4;1-11(2,3)17-10(16)14-6-7-4-5-8(12)9(13)15-7;7-3-4-1-2-5(8)6(9)10-4;7-5-2-1-4(3-9)10-6(5)8;1-4-2-3-5(7)6(8)9-4;;;;;;;/h5-10H,11H2,1-4H3,(H,23,25);1-6H,7H2;2-7H,8,18H2,1H3;5-6H,7H2,1-4H3,(H,14,16);4-5H,6H2,1-3H3,(H,14,16);1-2H,3H2;1-2H,3,9H2;2-3H,1H3;7*1H4. The first-order valence-corrected chi connectivity index (χ1v) is 46.4. The Morgan fingerprint density at radius 3 is 0.943 bits per heavy atom. The highest BCUT2D eigenvalue weighted by Gasteiger charge is 2.37. The number of benzene rings is 3. The lowest BCUT2D eigenvalue weighted by molar-refractivity contribution is -0.275. The number of fused-ring (bicyclic) bond motifs is 1. The Morgan fingerprint density at radius 1 is 0.350 bits per heavy atom. The number of aryl methyl sites for hydroxylation is 1. The molecular weight excluding hydrogens is 2400 g/mol. The van der Waals surface area contributed by atoms with Crippen LogP contribution in [-0.2, 0) is 58.8 Å². The fourth-order valence-electron chi connectivity index (χ4n) is 10.1. The number of pyridine rings is 8. The fourth-order valence-corrected chi connectivity index (χ4v) is 12.8. The lowest BCUT2D eigenvalue weighted by atomic mass is 10.1. The molecule has 0 bridgehead atoms. The van der Waals surface area contributed by atoms with Gasteiger partial charge in [-0.1, -0.05) is 174 Å². The van der Waals surface area contributed by atoms with Gasteiger partial charge in [-0.25, -0.2) is 54.3 Å². The molecule has 0 fully saturated rings. The molecule has 45 heteroatoms. The van der Waals surface area contributed by atoms with Crippen molar-refractivity contribution in [2.45, 2.75) is 195 Å². The fraction of sp³-hybridized carbons (Fsp3) is 0.337. The van der Waals surface area contributed by atoms with Gasteiger partial charge in [0.05, 0.1) is 125 Å². The van der Waals surface area contributed by atoms with E-state index in [4.69, 9.17) is 97.9 Å². The number of alkyl carbamates (subject to hydrolysis) is 3. The number of rotatable bonds is 18. The normalized spacial score (nSPS) is 10.8. The molecule has 1 aliphatic rings. The van der Waals surface area contributed by atoms with E-state index in [1.807, 2.05) is 70.2 Å². The van der Waals surface area contributed by atoms with Gasteiger partial charge in [0, 0.05) is 46.4 Å². The maximum absolute atomic E-state index is 12.7. The monoisotopic (exact) mass is 2500 g/mol. The van der Waals surface area contributed by atoms with Crippen LogP contribution in [0.25, 0.3) is 22.3 Å². The minimum Gasteiger partial charge on any atom is -0.481 e. The minimum atomic E-state index is -4.83. The van der Waals surface area contributed by atoms with E-state index in [-0.39, 0.29) is 124 Å². The number of alkyl halides is 7. The molecule has 8 aromatic heterocycles. The first-order valence-electron chi connectivity index (χ1n) is 38.6. The second-order valence-electron chi connectivity index (χ2n) is 29.5. The summed E-state index contributed by atoms with van der Waals surface area (Å²) in [7, 11) is 4.28. The van der Waals surface area contributed by atoms with Crippen molar-refractivity contribution in [3.63, 3.8) is 0 Å². The summed E-state index contributed by atoms with van der Waals surface area (Å²) in [6.07, 6.45) is -11.1. The third-order valence-corrected chi connectivity index (χ3v) is 22.6. The number of ether oxygens (including phenoxy) is 8. The Labute approximate surface area is 899 Å². The van der Waals surface area contributed by atoms with Gasteiger partial charge >= 0.3 is 31.0 Å². The van der Waals surface area contributed by atoms with E-state index in [0.717, 1.165) is 44.8 Å². The van der Waals surface area contributed by atoms with Crippen molar-refractivity contribution in [2.75, 3.05) is 21.3 Å². The van der Waals surface area contributed by atoms with Crippen molar-refractivity contribution in [3.05, 3.63) is 279 Å². The van der Waals surface area contributed by atoms with Crippen LogP contribution in [-0.4, -0.2) is 126 Å². The molecular formula is C95H116Br7Cl5F6N14O13. The summed E-state index contributed by atoms with van der Waals surface area (Å²) in [5, 5.41) is 10.7. The first kappa shape index (κ1) is 135. The minimum absolute atomic E-state index is 0. The highest BCUT2D eigenvalue weighted by molar-refractivity contribution is 9.11. The van der Waals surface area contributed by atoms with Gasteiger partial charge in [0.2, 0.25) is 17.6 Å². The number of aromatic nitrogens is 8. The van der Waals surface area contributed by atoms with E-state index in [9.17, 15) is 50.3 Å². The van der Waals surface area contributed by atoms with Crippen LogP contribution in [0.3, 0.4) is 0 Å². The molecule has 7 N–H and O–H groups in total. The molecule has 11 aromatic rings. The SMILES string of the molecule is C.C.C.C.C.C.C.CC(C)(C)OC(=O)NCc1ccc(Br)c(Cl)n1.COc1nc(CN)ccc1-c1ccccc1OC(F)(F)F.COc1nc(CNC(=O)OC(C)(C)C)ccc1-c1ccccc1OC(F)(F)F.COc1nc(CNC(=O)OC(C)(C)C)ccc1Br.Cc1ccc(Br)c(Cl)n1.Clc1nc(CBr)ccc1Br.NCc1ccc(Br)c(Cl)n1.O=C1c2ccccc2C(=O)N1Cc1ccc(Br)c(Cl)n1. The zero-order chi connectivity index (χ0) is 99.5. The van der Waals surface area contributed by atoms with Gasteiger partial charge in [-0.05, 0) is 286 Å². The van der Waals surface area contributed by atoms with E-state index in [1.54, 1.807) is 133 Å². The summed E-state index contributed by atoms with van der Waals surface area (Å²) in [6.45, 7) is 19.3. The van der Waals surface area contributed by atoms with E-state index < -0.39 is 47.8 Å². The maximum atomic E-state index is 12.7. The topological polar surface area (TPSA) is 354 Å². The maximum Gasteiger partial charge on any atom is 0.573 e. The van der Waals surface area contributed by atoms with Crippen LogP contribution >= 0.6 is 170 Å². The van der Waals surface area contributed by atoms with E-state index >= 15 is 0 Å². The van der Waals surface area contributed by atoms with Gasteiger partial charge in [-0.2, -0.15) is 0 Å². The van der Waals surface area contributed by atoms with Crippen molar-refractivity contribution >= 4 is 200 Å². The number of nitrogens with two attached hydrogens (primary N) is 2. The molecule has 0 aliphatic carbocycles. The van der Waals surface area contributed by atoms with Gasteiger partial charge in [0.1, 0.15) is 54.1 Å². The average molecular weight is 2510 g/mol. The third kappa shape index (κ3) is 48.9. The zero-order valence-electron chi connectivity index (χ0n) is 72.9. The molecule has 3 aromatic carbocycles. The van der Waals surface area contributed by atoms with E-state index in [2.05, 4.69) is 177 Å². The average Bonchev–Trinajstić information content (AvgIpc) is 1.67. The largest absolute Gasteiger partial charge is 0.573 e. The third-order valence-electron chi connectivity index (χ3n) is 15.7. The van der Waals surface area contributed by atoms with Gasteiger partial charge in [0.25, 0.3) is 11.8 Å². The molecule has 5 amide bonds. The number of nitrogens with one attached hydrogen (secondary N) is 3. The molecule has 9 heterocycles. The quantitative estimate of drug-likeness (QED) is 0.0175. The van der Waals surface area contributed by atoms with Crippen LogP contribution in [0.2, 0.25) is 25.8 Å². The van der Waals surface area contributed by atoms with E-state index in [0.29, 0.717) is 99.9 Å². The number of carbonyl (C=O) groups is 5. The summed E-state index contributed by atoms with van der Waals surface area (Å²) >= 11 is 51.6. The predicted molar refractivity (Wildman–Crippen MR) is 569 cm³/mol. The molecule has 27 nitrogen and oxygen atoms in total. The number of para-hydroxylation sites is 2. The highest BCUT2D eigenvalue weighted by atomic mass is 79.9. The Kier molecular flexibility index (Phi) is 62.5. The Hall–Kier alpha value is -8.88. The molecule has 0 radical (unpaired) electrons. The van der Waals surface area contributed by atoms with Crippen molar-refractivity contribution in [1.29, 1.82) is 0 Å². The smallest absolute Gasteiger partial charge is 0.481 e. The second kappa shape index (κ2) is 64.7. The lowest BCUT2D eigenvalue weighted by Crippen LogP contribution is -2.32. The van der Waals surface area contributed by atoms with Gasteiger partial charge < -0.3 is 65.3 Å². The molecule has 0 saturated carbocycles. The Bertz CT molecular complexity index is 5680. The highest BCUT2D eigenvalue weighted by Crippen LogP contribution is 2.40. The van der Waals surface area contributed by atoms with Crippen LogP contribution in [0.15, 0.2) is 197 Å². The lowest BCUT2D eigenvalue weighted by Gasteiger charge is -2.19.